The molecule has 0 aliphatic rings. The van der Waals surface area contributed by atoms with Crippen LogP contribution in [0.4, 0.5) is 0 Å². The van der Waals surface area contributed by atoms with Crippen LogP contribution in [0.2, 0.25) is 5.02 Å². The van der Waals surface area contributed by atoms with Crippen LogP contribution < -0.4 is 5.56 Å². The third kappa shape index (κ3) is 3.82. The number of hydrogen-bond acceptors (Lipinski definition) is 4. The lowest BCUT2D eigenvalue weighted by Gasteiger charge is -2.13. The Morgan fingerprint density at radius 2 is 1.90 bits per heavy atom. The number of aromatic nitrogens is 2. The number of hydrogen-bond donors (Lipinski definition) is 0. The van der Waals surface area contributed by atoms with Crippen LogP contribution in [0.25, 0.3) is 10.2 Å². The zero-order chi connectivity index (χ0) is 20.5. The lowest BCUT2D eigenvalue weighted by molar-refractivity contribution is 0.694. The average molecular weight is 420 g/mol. The summed E-state index contributed by atoms with van der Waals surface area (Å²) in [5.74, 6) is 0.702. The summed E-state index contributed by atoms with van der Waals surface area (Å²) in [5, 5.41) is 10.6. The maximum Gasteiger partial charge on any atom is 0.262 e. The fourth-order valence-electron chi connectivity index (χ4n) is 3.37. The van der Waals surface area contributed by atoms with Gasteiger partial charge in [-0.15, -0.1) is 11.3 Å². The minimum absolute atomic E-state index is 0.0387. The number of thiophene rings is 1. The van der Waals surface area contributed by atoms with Crippen LogP contribution in [-0.2, 0) is 13.0 Å². The Hall–Kier alpha value is -2.94. The average Bonchev–Trinajstić information content (AvgIpc) is 3.00. The summed E-state index contributed by atoms with van der Waals surface area (Å²) in [4.78, 5) is 20.2. The minimum Gasteiger partial charge on any atom is -0.291 e. The molecule has 2 heterocycles. The fourth-order valence-corrected chi connectivity index (χ4v) is 4.54. The van der Waals surface area contributed by atoms with Gasteiger partial charge in [-0.25, -0.2) is 4.98 Å². The van der Waals surface area contributed by atoms with Gasteiger partial charge >= 0.3 is 0 Å². The van der Waals surface area contributed by atoms with Gasteiger partial charge in [0.25, 0.3) is 5.56 Å². The summed E-state index contributed by atoms with van der Waals surface area (Å²) < 4.78 is 1.73. The van der Waals surface area contributed by atoms with Crippen molar-refractivity contribution >= 4 is 33.2 Å². The Morgan fingerprint density at radius 1 is 1.14 bits per heavy atom. The maximum absolute atomic E-state index is 13.4. The van der Waals surface area contributed by atoms with Crippen LogP contribution in [0.3, 0.4) is 0 Å². The molecular weight excluding hydrogens is 402 g/mol. The Morgan fingerprint density at radius 3 is 2.62 bits per heavy atom. The van der Waals surface area contributed by atoms with Crippen molar-refractivity contribution in [1.82, 2.24) is 9.55 Å². The number of rotatable bonds is 4. The van der Waals surface area contributed by atoms with Crippen molar-refractivity contribution in [3.05, 3.63) is 96.9 Å². The first kappa shape index (κ1) is 19.4. The molecule has 2 aromatic heterocycles. The second-order valence-electron chi connectivity index (χ2n) is 7.00. The zero-order valence-electron chi connectivity index (χ0n) is 16.1. The normalized spacial score (nSPS) is 11.0. The monoisotopic (exact) mass is 419 g/mol. The summed E-state index contributed by atoms with van der Waals surface area (Å²) >= 11 is 7.56. The van der Waals surface area contributed by atoms with Gasteiger partial charge in [0.05, 0.1) is 23.6 Å². The second kappa shape index (κ2) is 7.82. The van der Waals surface area contributed by atoms with E-state index >= 15 is 0 Å². The molecule has 0 fully saturated rings. The zero-order valence-corrected chi connectivity index (χ0v) is 17.6. The fraction of sp³-hybridized carbons (Fsp3) is 0.174. The van der Waals surface area contributed by atoms with Crippen LogP contribution in [0, 0.1) is 25.2 Å². The van der Waals surface area contributed by atoms with E-state index in [1.807, 2.05) is 56.3 Å². The molecule has 4 nitrogen and oxygen atoms in total. The number of nitriles is 1. The molecular formula is C23H18ClN3OS. The van der Waals surface area contributed by atoms with E-state index in [9.17, 15) is 10.1 Å². The first-order chi connectivity index (χ1) is 14.0. The summed E-state index contributed by atoms with van der Waals surface area (Å²) in [5.41, 5.74) is 3.45. The molecule has 2 aromatic carbocycles. The second-order valence-corrected chi connectivity index (χ2v) is 8.64. The number of fused-ring (bicyclic) bond motifs is 1. The molecule has 144 valence electrons. The van der Waals surface area contributed by atoms with Gasteiger partial charge in [0.15, 0.2) is 0 Å². The van der Waals surface area contributed by atoms with Crippen LogP contribution in [0.1, 0.15) is 33.0 Å². The Labute approximate surface area is 177 Å². The predicted octanol–water partition coefficient (Wildman–Crippen LogP) is 5.24. The van der Waals surface area contributed by atoms with E-state index in [0.29, 0.717) is 34.8 Å². The molecule has 0 aliphatic carbocycles. The van der Waals surface area contributed by atoms with Gasteiger partial charge in [0.1, 0.15) is 10.7 Å². The van der Waals surface area contributed by atoms with Gasteiger partial charge in [-0.2, -0.15) is 5.26 Å². The molecule has 29 heavy (non-hydrogen) atoms. The molecule has 0 aliphatic heterocycles. The molecule has 0 N–H and O–H groups in total. The van der Waals surface area contributed by atoms with Gasteiger partial charge in [-0.3, -0.25) is 9.36 Å². The van der Waals surface area contributed by atoms with E-state index in [1.165, 1.54) is 0 Å². The van der Waals surface area contributed by atoms with Crippen molar-refractivity contribution in [2.75, 3.05) is 0 Å². The third-order valence-electron chi connectivity index (χ3n) is 5.04. The highest BCUT2D eigenvalue weighted by Gasteiger charge is 2.17. The van der Waals surface area contributed by atoms with Crippen LogP contribution >= 0.6 is 22.9 Å². The lowest BCUT2D eigenvalue weighted by Crippen LogP contribution is -2.26. The summed E-state index contributed by atoms with van der Waals surface area (Å²) in [6.45, 7) is 4.35. The van der Waals surface area contributed by atoms with Crippen molar-refractivity contribution in [2.45, 2.75) is 26.8 Å². The van der Waals surface area contributed by atoms with Crippen LogP contribution in [0.5, 0.6) is 0 Å². The SMILES string of the molecule is Cc1sc2nc(Cc3ccc(Cl)cc3)n(Cc3cccc(C#N)c3)c(=O)c2c1C. The summed E-state index contributed by atoms with van der Waals surface area (Å²) in [7, 11) is 0. The van der Waals surface area contributed by atoms with E-state index in [4.69, 9.17) is 16.6 Å². The van der Waals surface area contributed by atoms with E-state index < -0.39 is 0 Å². The quantitative estimate of drug-likeness (QED) is 0.454. The Kier molecular flexibility index (Phi) is 5.23. The van der Waals surface area contributed by atoms with E-state index in [1.54, 1.807) is 22.0 Å². The highest BCUT2D eigenvalue weighted by atomic mass is 35.5. The topological polar surface area (TPSA) is 58.7 Å². The minimum atomic E-state index is -0.0387. The summed E-state index contributed by atoms with van der Waals surface area (Å²) in [6.07, 6.45) is 0.524. The highest BCUT2D eigenvalue weighted by Crippen LogP contribution is 2.27. The Balaban J connectivity index is 1.87. The highest BCUT2D eigenvalue weighted by molar-refractivity contribution is 7.18. The molecule has 0 spiro atoms. The standard InChI is InChI=1S/C23H18ClN3OS/c1-14-15(2)29-22-21(14)23(28)27(13-18-5-3-4-17(10-18)12-25)20(26-22)11-16-6-8-19(24)9-7-16/h3-10H,11,13H2,1-2H3. The third-order valence-corrected chi connectivity index (χ3v) is 6.39. The lowest BCUT2D eigenvalue weighted by atomic mass is 10.1. The molecule has 4 rings (SSSR count). The van der Waals surface area contributed by atoms with Crippen molar-refractivity contribution in [3.63, 3.8) is 0 Å². The number of aryl methyl sites for hydroxylation is 2. The smallest absolute Gasteiger partial charge is 0.262 e. The largest absolute Gasteiger partial charge is 0.291 e. The van der Waals surface area contributed by atoms with Gasteiger partial charge in [0, 0.05) is 16.3 Å². The Bertz CT molecular complexity index is 1310. The van der Waals surface area contributed by atoms with Crippen LogP contribution in [0.15, 0.2) is 53.3 Å². The number of halogens is 1. The number of benzene rings is 2. The van der Waals surface area contributed by atoms with E-state index in [0.717, 1.165) is 26.4 Å². The van der Waals surface area contributed by atoms with Gasteiger partial charge < -0.3 is 0 Å². The molecule has 4 aromatic rings. The molecule has 0 saturated carbocycles. The van der Waals surface area contributed by atoms with Crippen molar-refractivity contribution in [1.29, 1.82) is 5.26 Å². The molecule has 0 radical (unpaired) electrons. The molecule has 0 unspecified atom stereocenters. The molecule has 0 bridgehead atoms. The van der Waals surface area contributed by atoms with Gasteiger partial charge in [-0.05, 0) is 54.8 Å². The first-order valence-electron chi connectivity index (χ1n) is 9.19. The maximum atomic E-state index is 13.4. The molecule has 0 amide bonds. The first-order valence-corrected chi connectivity index (χ1v) is 10.4. The van der Waals surface area contributed by atoms with Crippen LogP contribution in [-0.4, -0.2) is 9.55 Å². The van der Waals surface area contributed by atoms with Gasteiger partial charge in [0.2, 0.25) is 0 Å². The van der Waals surface area contributed by atoms with Crippen molar-refractivity contribution in [2.24, 2.45) is 0 Å². The molecule has 0 saturated heterocycles. The van der Waals surface area contributed by atoms with Crippen molar-refractivity contribution < 1.29 is 0 Å². The predicted molar refractivity (Wildman–Crippen MR) is 118 cm³/mol. The number of nitrogens with zero attached hydrogens (tertiary/aromatic N) is 3. The van der Waals surface area contributed by atoms with E-state index in [2.05, 4.69) is 6.07 Å². The van der Waals surface area contributed by atoms with Gasteiger partial charge in [-0.1, -0.05) is 35.9 Å². The molecule has 6 heteroatoms. The molecule has 0 atom stereocenters. The van der Waals surface area contributed by atoms with E-state index in [-0.39, 0.29) is 5.56 Å². The summed E-state index contributed by atoms with van der Waals surface area (Å²) in [6, 6.07) is 17.1. The van der Waals surface area contributed by atoms with Crippen molar-refractivity contribution in [3.8, 4) is 6.07 Å².